The number of nitrogen functional groups attached to an aromatic ring is 1. The molecule has 0 saturated heterocycles. The average Bonchev–Trinajstić information content (AvgIpc) is 2.73. The zero-order valence-electron chi connectivity index (χ0n) is 9.72. The number of hydrogen-bond acceptors (Lipinski definition) is 5. The van der Waals surface area contributed by atoms with Gasteiger partial charge in [0.05, 0.1) is 0 Å². The molecule has 0 atom stereocenters. The summed E-state index contributed by atoms with van der Waals surface area (Å²) in [4.78, 5) is 1.95. The van der Waals surface area contributed by atoms with Crippen LogP contribution < -0.4 is 10.6 Å². The van der Waals surface area contributed by atoms with Crippen molar-refractivity contribution < 1.29 is 0 Å². The molecule has 0 aliphatic heterocycles. The molecule has 92 valence electrons. The van der Waals surface area contributed by atoms with E-state index in [1.807, 2.05) is 36.2 Å². The molecule has 2 aromatic rings. The highest BCUT2D eigenvalue weighted by molar-refractivity contribution is 7.10. The summed E-state index contributed by atoms with van der Waals surface area (Å²) in [5, 5.41) is 10.5. The third-order valence-corrected chi connectivity index (χ3v) is 3.72. The molecular weight excluding hydrogens is 268 g/mol. The maximum Gasteiger partial charge on any atom is 0.157 e. The second-order valence-electron chi connectivity index (χ2n) is 3.84. The van der Waals surface area contributed by atoms with E-state index in [-0.39, 0.29) is 0 Å². The van der Waals surface area contributed by atoms with E-state index in [9.17, 15) is 0 Å². The molecule has 0 saturated carbocycles. The van der Waals surface area contributed by atoms with Crippen LogP contribution in [-0.4, -0.2) is 11.4 Å². The Labute approximate surface area is 114 Å². The van der Waals surface area contributed by atoms with Crippen molar-refractivity contribution in [1.82, 2.24) is 4.37 Å². The summed E-state index contributed by atoms with van der Waals surface area (Å²) in [6.45, 7) is 0.674. The van der Waals surface area contributed by atoms with Gasteiger partial charge in [0.1, 0.15) is 16.6 Å². The molecule has 18 heavy (non-hydrogen) atoms. The Morgan fingerprint density at radius 3 is 2.72 bits per heavy atom. The van der Waals surface area contributed by atoms with Crippen molar-refractivity contribution in [2.45, 2.75) is 6.54 Å². The normalized spacial score (nSPS) is 10.1. The van der Waals surface area contributed by atoms with Gasteiger partial charge in [-0.3, -0.25) is 0 Å². The Kier molecular flexibility index (Phi) is 3.70. The minimum atomic E-state index is 0.292. The number of nitrogens with two attached hydrogens (primary N) is 1. The second kappa shape index (κ2) is 5.25. The fourth-order valence-electron chi connectivity index (χ4n) is 1.59. The van der Waals surface area contributed by atoms with Gasteiger partial charge in [0.2, 0.25) is 0 Å². The number of nitriles is 1. The first-order valence-electron chi connectivity index (χ1n) is 5.22. The van der Waals surface area contributed by atoms with E-state index in [2.05, 4.69) is 10.4 Å². The van der Waals surface area contributed by atoms with Gasteiger partial charge >= 0.3 is 0 Å². The lowest BCUT2D eigenvalue weighted by Crippen LogP contribution is -2.16. The lowest BCUT2D eigenvalue weighted by atomic mass is 10.2. The first-order chi connectivity index (χ1) is 8.61. The Bertz CT molecular complexity index is 585. The van der Waals surface area contributed by atoms with E-state index in [1.54, 1.807) is 0 Å². The molecule has 1 heterocycles. The van der Waals surface area contributed by atoms with Crippen molar-refractivity contribution in [2.75, 3.05) is 17.7 Å². The molecule has 1 aromatic carbocycles. The number of halogens is 1. The maximum absolute atomic E-state index is 9.03. The Balaban J connectivity index is 2.19. The topological polar surface area (TPSA) is 65.9 Å². The summed E-state index contributed by atoms with van der Waals surface area (Å²) in [7, 11) is 1.91. The number of benzene rings is 1. The second-order valence-corrected chi connectivity index (χ2v) is 5.03. The molecule has 0 aliphatic rings. The van der Waals surface area contributed by atoms with Gasteiger partial charge in [-0.1, -0.05) is 23.7 Å². The quantitative estimate of drug-likeness (QED) is 0.937. The third-order valence-electron chi connectivity index (χ3n) is 2.49. The summed E-state index contributed by atoms with van der Waals surface area (Å²) in [5.74, 6) is 0.292. The molecule has 0 aliphatic carbocycles. The van der Waals surface area contributed by atoms with Crippen LogP contribution in [0.15, 0.2) is 24.3 Å². The zero-order valence-corrected chi connectivity index (χ0v) is 11.3. The van der Waals surface area contributed by atoms with Crippen LogP contribution in [0.25, 0.3) is 0 Å². The zero-order chi connectivity index (χ0) is 13.1. The number of hydrogen-bond donors (Lipinski definition) is 1. The van der Waals surface area contributed by atoms with E-state index in [4.69, 9.17) is 22.6 Å². The van der Waals surface area contributed by atoms with Crippen LogP contribution in [0, 0.1) is 11.3 Å². The summed E-state index contributed by atoms with van der Waals surface area (Å²) in [6, 6.07) is 9.68. The molecule has 0 fully saturated rings. The van der Waals surface area contributed by atoms with E-state index >= 15 is 0 Å². The van der Waals surface area contributed by atoms with Crippen molar-refractivity contribution in [3.63, 3.8) is 0 Å². The van der Waals surface area contributed by atoms with Crippen molar-refractivity contribution in [3.05, 3.63) is 40.4 Å². The lowest BCUT2D eigenvalue weighted by Gasteiger charge is -2.17. The van der Waals surface area contributed by atoms with Crippen molar-refractivity contribution in [1.29, 1.82) is 5.26 Å². The molecule has 1 aromatic heterocycles. The van der Waals surface area contributed by atoms with Crippen LogP contribution in [0.3, 0.4) is 0 Å². The molecule has 0 bridgehead atoms. The monoisotopic (exact) mass is 278 g/mol. The molecule has 6 heteroatoms. The lowest BCUT2D eigenvalue weighted by molar-refractivity contribution is 0.933. The smallest absolute Gasteiger partial charge is 0.157 e. The molecule has 4 nitrogen and oxygen atoms in total. The highest BCUT2D eigenvalue weighted by Gasteiger charge is 2.14. The first-order valence-corrected chi connectivity index (χ1v) is 6.37. The minimum absolute atomic E-state index is 0.292. The van der Waals surface area contributed by atoms with Gasteiger partial charge < -0.3 is 10.6 Å². The predicted molar refractivity (Wildman–Crippen MR) is 74.8 cm³/mol. The molecule has 0 spiro atoms. The highest BCUT2D eigenvalue weighted by atomic mass is 35.5. The van der Waals surface area contributed by atoms with Crippen LogP contribution in [0.1, 0.15) is 11.1 Å². The molecule has 0 unspecified atom stereocenters. The largest absolute Gasteiger partial charge is 0.382 e. The van der Waals surface area contributed by atoms with Crippen molar-refractivity contribution >= 4 is 34.0 Å². The minimum Gasteiger partial charge on any atom is -0.382 e. The molecule has 0 radical (unpaired) electrons. The summed E-state index contributed by atoms with van der Waals surface area (Å²) >= 11 is 7.07. The molecule has 0 amide bonds. The van der Waals surface area contributed by atoms with Gasteiger partial charge in [-0.15, -0.1) is 0 Å². The van der Waals surface area contributed by atoms with Crippen LogP contribution >= 0.6 is 23.1 Å². The third kappa shape index (κ3) is 2.55. The number of aromatic nitrogens is 1. The van der Waals surface area contributed by atoms with Gasteiger partial charge in [-0.2, -0.15) is 9.64 Å². The van der Waals surface area contributed by atoms with Crippen molar-refractivity contribution in [2.24, 2.45) is 0 Å². The van der Waals surface area contributed by atoms with Gasteiger partial charge in [0.15, 0.2) is 5.82 Å². The standard InChI is InChI=1S/C12H11ClN4S/c1-17(7-8-2-4-9(13)5-3-8)12-10(6-14)11(15)16-18-12/h2-5H,7H2,1H3,(H2,15,16). The summed E-state index contributed by atoms with van der Waals surface area (Å²) in [6.07, 6.45) is 0. The van der Waals surface area contributed by atoms with Crippen LogP contribution in [-0.2, 0) is 6.54 Å². The van der Waals surface area contributed by atoms with Crippen molar-refractivity contribution in [3.8, 4) is 6.07 Å². The summed E-state index contributed by atoms with van der Waals surface area (Å²) in [5.41, 5.74) is 7.19. The predicted octanol–water partition coefficient (Wildman–Crippen LogP) is 2.89. The Morgan fingerprint density at radius 2 is 2.11 bits per heavy atom. The maximum atomic E-state index is 9.03. The van der Waals surface area contributed by atoms with Gasteiger partial charge in [-0.05, 0) is 29.2 Å². The molecule has 2 N–H and O–H groups in total. The fraction of sp³-hybridized carbons (Fsp3) is 0.167. The Morgan fingerprint density at radius 1 is 1.44 bits per heavy atom. The fourth-order valence-corrected chi connectivity index (χ4v) is 2.44. The average molecular weight is 279 g/mol. The molecular formula is C12H11ClN4S. The summed E-state index contributed by atoms with van der Waals surface area (Å²) < 4.78 is 4.00. The number of rotatable bonds is 3. The van der Waals surface area contributed by atoms with Gasteiger partial charge in [0.25, 0.3) is 0 Å². The van der Waals surface area contributed by atoms with Crippen LogP contribution in [0.4, 0.5) is 10.8 Å². The SMILES string of the molecule is CN(Cc1ccc(Cl)cc1)c1snc(N)c1C#N. The van der Waals surface area contributed by atoms with Crippen LogP contribution in [0.2, 0.25) is 5.02 Å². The first kappa shape index (κ1) is 12.7. The van der Waals surface area contributed by atoms with Gasteiger partial charge in [-0.25, -0.2) is 0 Å². The Hall–Kier alpha value is -1.77. The van der Waals surface area contributed by atoms with Gasteiger partial charge in [0, 0.05) is 18.6 Å². The van der Waals surface area contributed by atoms with E-state index < -0.39 is 0 Å². The van der Waals surface area contributed by atoms with E-state index in [0.717, 1.165) is 10.6 Å². The highest BCUT2D eigenvalue weighted by Crippen LogP contribution is 2.29. The number of anilines is 2. The van der Waals surface area contributed by atoms with E-state index in [1.165, 1.54) is 11.5 Å². The van der Waals surface area contributed by atoms with Crippen LogP contribution in [0.5, 0.6) is 0 Å². The number of nitrogens with zero attached hydrogens (tertiary/aromatic N) is 3. The molecule has 2 rings (SSSR count). The van der Waals surface area contributed by atoms with E-state index in [0.29, 0.717) is 22.9 Å².